The van der Waals surface area contributed by atoms with Gasteiger partial charge in [0, 0.05) is 18.2 Å². The molecule has 3 heteroatoms. The first kappa shape index (κ1) is 12.9. The summed E-state index contributed by atoms with van der Waals surface area (Å²) in [6, 6.07) is 7.40. The van der Waals surface area contributed by atoms with Gasteiger partial charge in [0.05, 0.1) is 6.42 Å². The quantitative estimate of drug-likeness (QED) is 0.873. The smallest absolute Gasteiger partial charge is 0.227 e. The minimum Gasteiger partial charge on any atom is -0.508 e. The molecule has 0 spiro atoms. The Morgan fingerprint density at radius 2 is 2.11 bits per heavy atom. The molecule has 18 heavy (non-hydrogen) atoms. The molecule has 1 fully saturated rings. The molecule has 1 unspecified atom stereocenters. The molecule has 1 saturated heterocycles. The summed E-state index contributed by atoms with van der Waals surface area (Å²) in [5, 5.41) is 9.71. The van der Waals surface area contributed by atoms with E-state index in [0.29, 0.717) is 12.5 Å². The standard InChI is InChI=1S/C15H21NO2/c1-12-7-3-2-6-10-16(12)15(18)11-13-8-4-5-9-14(13)17/h4-5,8-9,12,17H,2-3,6-7,10-11H2,1H3. The van der Waals surface area contributed by atoms with E-state index in [9.17, 15) is 9.90 Å². The molecule has 0 bridgehead atoms. The number of carbonyl (C=O) groups is 1. The van der Waals surface area contributed by atoms with E-state index in [1.165, 1.54) is 12.8 Å². The zero-order valence-electron chi connectivity index (χ0n) is 10.9. The maximum atomic E-state index is 12.3. The number of benzene rings is 1. The number of rotatable bonds is 2. The molecule has 98 valence electrons. The maximum absolute atomic E-state index is 12.3. The van der Waals surface area contributed by atoms with Gasteiger partial charge in [0.15, 0.2) is 0 Å². The van der Waals surface area contributed by atoms with Crippen molar-refractivity contribution in [2.75, 3.05) is 6.54 Å². The number of carbonyl (C=O) groups excluding carboxylic acids is 1. The van der Waals surface area contributed by atoms with Crippen molar-refractivity contribution in [3.63, 3.8) is 0 Å². The first-order chi connectivity index (χ1) is 8.68. The SMILES string of the molecule is CC1CCCCCN1C(=O)Cc1ccccc1O. The largest absolute Gasteiger partial charge is 0.508 e. The second-order valence-corrected chi connectivity index (χ2v) is 5.09. The number of likely N-dealkylation sites (tertiary alicyclic amines) is 1. The highest BCUT2D eigenvalue weighted by molar-refractivity contribution is 5.79. The Hall–Kier alpha value is -1.51. The normalized spacial score (nSPS) is 20.5. The van der Waals surface area contributed by atoms with Gasteiger partial charge >= 0.3 is 0 Å². The van der Waals surface area contributed by atoms with Crippen LogP contribution in [0.5, 0.6) is 5.75 Å². The monoisotopic (exact) mass is 247 g/mol. The molecule has 1 aliphatic rings. The van der Waals surface area contributed by atoms with E-state index < -0.39 is 0 Å². The average molecular weight is 247 g/mol. The Morgan fingerprint density at radius 1 is 1.33 bits per heavy atom. The first-order valence-corrected chi connectivity index (χ1v) is 6.75. The summed E-state index contributed by atoms with van der Waals surface area (Å²) in [6.45, 7) is 2.97. The van der Waals surface area contributed by atoms with Crippen LogP contribution in [-0.4, -0.2) is 28.5 Å². The third-order valence-corrected chi connectivity index (χ3v) is 3.71. The van der Waals surface area contributed by atoms with Crippen LogP contribution in [0.15, 0.2) is 24.3 Å². The van der Waals surface area contributed by atoms with Gasteiger partial charge in [-0.2, -0.15) is 0 Å². The van der Waals surface area contributed by atoms with Gasteiger partial charge < -0.3 is 10.0 Å². The second kappa shape index (κ2) is 5.89. The molecule has 1 heterocycles. The summed E-state index contributed by atoms with van der Waals surface area (Å²) in [5.74, 6) is 0.347. The van der Waals surface area contributed by atoms with Gasteiger partial charge in [-0.3, -0.25) is 4.79 Å². The lowest BCUT2D eigenvalue weighted by Gasteiger charge is -2.27. The summed E-state index contributed by atoms with van der Waals surface area (Å²) in [4.78, 5) is 14.3. The first-order valence-electron chi connectivity index (χ1n) is 6.75. The van der Waals surface area contributed by atoms with Crippen LogP contribution in [0.1, 0.15) is 38.2 Å². The van der Waals surface area contributed by atoms with Crippen molar-refractivity contribution < 1.29 is 9.90 Å². The van der Waals surface area contributed by atoms with Gasteiger partial charge in [-0.15, -0.1) is 0 Å². The number of amides is 1. The van der Waals surface area contributed by atoms with E-state index >= 15 is 0 Å². The highest BCUT2D eigenvalue weighted by atomic mass is 16.3. The molecule has 1 atom stereocenters. The lowest BCUT2D eigenvalue weighted by atomic mass is 10.1. The minimum atomic E-state index is 0.130. The summed E-state index contributed by atoms with van der Waals surface area (Å²) in [5.41, 5.74) is 0.721. The topological polar surface area (TPSA) is 40.5 Å². The molecule has 1 aromatic rings. The number of hydrogen-bond donors (Lipinski definition) is 1. The number of phenols is 1. The van der Waals surface area contributed by atoms with Crippen LogP contribution in [0, 0.1) is 0 Å². The fourth-order valence-electron chi connectivity index (χ4n) is 2.57. The van der Waals surface area contributed by atoms with Crippen molar-refractivity contribution in [2.45, 2.75) is 45.1 Å². The van der Waals surface area contributed by atoms with Crippen LogP contribution in [0.2, 0.25) is 0 Å². The Morgan fingerprint density at radius 3 is 2.89 bits per heavy atom. The Balaban J connectivity index is 2.04. The van der Waals surface area contributed by atoms with Crippen molar-refractivity contribution in [1.29, 1.82) is 0 Å². The van der Waals surface area contributed by atoms with Gasteiger partial charge in [0.25, 0.3) is 0 Å². The fraction of sp³-hybridized carbons (Fsp3) is 0.533. The van der Waals surface area contributed by atoms with E-state index in [-0.39, 0.29) is 11.7 Å². The van der Waals surface area contributed by atoms with Crippen molar-refractivity contribution in [3.8, 4) is 5.75 Å². The molecule has 2 rings (SSSR count). The van der Waals surface area contributed by atoms with Crippen LogP contribution in [0.4, 0.5) is 0 Å². The lowest BCUT2D eigenvalue weighted by molar-refractivity contribution is -0.132. The number of phenolic OH excluding ortho intramolecular Hbond substituents is 1. The summed E-state index contributed by atoms with van der Waals surface area (Å²) < 4.78 is 0. The van der Waals surface area contributed by atoms with E-state index in [0.717, 1.165) is 24.9 Å². The summed E-state index contributed by atoms with van der Waals surface area (Å²) >= 11 is 0. The third kappa shape index (κ3) is 3.03. The maximum Gasteiger partial charge on any atom is 0.227 e. The Kier molecular flexibility index (Phi) is 4.24. The van der Waals surface area contributed by atoms with E-state index in [2.05, 4.69) is 6.92 Å². The van der Waals surface area contributed by atoms with E-state index in [1.54, 1.807) is 12.1 Å². The molecule has 0 radical (unpaired) electrons. The van der Waals surface area contributed by atoms with Crippen molar-refractivity contribution in [3.05, 3.63) is 29.8 Å². The van der Waals surface area contributed by atoms with Gasteiger partial charge in [-0.25, -0.2) is 0 Å². The van der Waals surface area contributed by atoms with Crippen LogP contribution in [-0.2, 0) is 11.2 Å². The molecule has 0 aliphatic carbocycles. The molecule has 0 saturated carbocycles. The zero-order chi connectivity index (χ0) is 13.0. The minimum absolute atomic E-state index is 0.130. The van der Waals surface area contributed by atoms with Crippen LogP contribution in [0.3, 0.4) is 0 Å². The summed E-state index contributed by atoms with van der Waals surface area (Å²) in [7, 11) is 0. The molecule has 1 N–H and O–H groups in total. The summed E-state index contributed by atoms with van der Waals surface area (Å²) in [6.07, 6.45) is 4.91. The van der Waals surface area contributed by atoms with Crippen molar-refractivity contribution >= 4 is 5.91 Å². The number of nitrogens with zero attached hydrogens (tertiary/aromatic N) is 1. The molecular formula is C15H21NO2. The van der Waals surface area contributed by atoms with Crippen LogP contribution < -0.4 is 0 Å². The van der Waals surface area contributed by atoms with Gasteiger partial charge in [-0.05, 0) is 25.8 Å². The second-order valence-electron chi connectivity index (χ2n) is 5.09. The molecule has 1 amide bonds. The van der Waals surface area contributed by atoms with Crippen LogP contribution >= 0.6 is 0 Å². The molecule has 1 aromatic carbocycles. The molecule has 1 aliphatic heterocycles. The van der Waals surface area contributed by atoms with Gasteiger partial charge in [-0.1, -0.05) is 31.0 Å². The predicted molar refractivity (Wildman–Crippen MR) is 71.5 cm³/mol. The fourth-order valence-corrected chi connectivity index (χ4v) is 2.57. The molecule has 0 aromatic heterocycles. The number of aromatic hydroxyl groups is 1. The van der Waals surface area contributed by atoms with Gasteiger partial charge in [0.1, 0.15) is 5.75 Å². The Bertz CT molecular complexity index is 417. The third-order valence-electron chi connectivity index (χ3n) is 3.71. The Labute approximate surface area is 108 Å². The van der Waals surface area contributed by atoms with E-state index in [1.807, 2.05) is 17.0 Å². The highest BCUT2D eigenvalue weighted by Gasteiger charge is 2.22. The van der Waals surface area contributed by atoms with Crippen molar-refractivity contribution in [1.82, 2.24) is 4.90 Å². The van der Waals surface area contributed by atoms with E-state index in [4.69, 9.17) is 0 Å². The average Bonchev–Trinajstić information content (AvgIpc) is 2.57. The van der Waals surface area contributed by atoms with Crippen LogP contribution in [0.25, 0.3) is 0 Å². The highest BCUT2D eigenvalue weighted by Crippen LogP contribution is 2.20. The molecular weight excluding hydrogens is 226 g/mol. The van der Waals surface area contributed by atoms with Crippen molar-refractivity contribution in [2.24, 2.45) is 0 Å². The molecule has 3 nitrogen and oxygen atoms in total. The van der Waals surface area contributed by atoms with Gasteiger partial charge in [0.2, 0.25) is 5.91 Å². The zero-order valence-corrected chi connectivity index (χ0v) is 10.9. The predicted octanol–water partition coefficient (Wildman–Crippen LogP) is 2.73. The number of hydrogen-bond acceptors (Lipinski definition) is 2. The lowest BCUT2D eigenvalue weighted by Crippen LogP contribution is -2.39. The number of para-hydroxylation sites is 1.